The summed E-state index contributed by atoms with van der Waals surface area (Å²) in [6.45, 7) is 0.524. The van der Waals surface area contributed by atoms with Crippen LogP contribution in [0.4, 0.5) is 16.0 Å². The fourth-order valence-corrected chi connectivity index (χ4v) is 6.42. The summed E-state index contributed by atoms with van der Waals surface area (Å²) in [6.07, 6.45) is 2.14. The molecule has 3 heterocycles. The van der Waals surface area contributed by atoms with Gasteiger partial charge >= 0.3 is 0 Å². The Morgan fingerprint density at radius 3 is 2.69 bits per heavy atom. The minimum atomic E-state index is -3.74. The first-order valence-electron chi connectivity index (χ1n) is 9.55. The number of carbonyl (C=O) groups excluding carboxylic acids is 1. The van der Waals surface area contributed by atoms with Crippen molar-refractivity contribution in [3.8, 4) is 0 Å². The van der Waals surface area contributed by atoms with E-state index < -0.39 is 16.1 Å². The van der Waals surface area contributed by atoms with E-state index in [1.54, 1.807) is 28.5 Å². The summed E-state index contributed by atoms with van der Waals surface area (Å²) >= 11 is 8.68. The molecule has 0 aliphatic carbocycles. The Morgan fingerprint density at radius 2 is 1.94 bits per heavy atom. The smallest absolute Gasteiger partial charge is 0.263 e. The highest BCUT2D eigenvalue weighted by molar-refractivity contribution is 7.93. The Morgan fingerprint density at radius 1 is 1.12 bits per heavy atom. The van der Waals surface area contributed by atoms with Crippen LogP contribution in [0.3, 0.4) is 0 Å². The van der Waals surface area contributed by atoms with Crippen molar-refractivity contribution in [2.24, 2.45) is 0 Å². The van der Waals surface area contributed by atoms with Gasteiger partial charge in [0.2, 0.25) is 5.91 Å². The van der Waals surface area contributed by atoms with Crippen LogP contribution in [0.5, 0.6) is 0 Å². The summed E-state index contributed by atoms with van der Waals surface area (Å²) in [7, 11) is -3.74. The molecule has 4 aromatic rings. The average Bonchev–Trinajstić information content (AvgIpc) is 3.49. The molecular weight excluding hydrogens is 490 g/mol. The van der Waals surface area contributed by atoms with Gasteiger partial charge < -0.3 is 10.2 Å². The van der Waals surface area contributed by atoms with Gasteiger partial charge in [-0.25, -0.2) is 18.4 Å². The highest BCUT2D eigenvalue weighted by Gasteiger charge is 2.33. The van der Waals surface area contributed by atoms with Gasteiger partial charge in [-0.05, 0) is 48.9 Å². The number of thiazole rings is 2. The van der Waals surface area contributed by atoms with Crippen molar-refractivity contribution in [3.05, 3.63) is 59.1 Å². The number of fused-ring (bicyclic) bond motifs is 1. The first kappa shape index (κ1) is 21.1. The molecule has 2 aromatic heterocycles. The lowest BCUT2D eigenvalue weighted by molar-refractivity contribution is -0.117. The first-order valence-corrected chi connectivity index (χ1v) is 13.1. The van der Waals surface area contributed by atoms with E-state index >= 15 is 0 Å². The Hall–Kier alpha value is -2.73. The van der Waals surface area contributed by atoms with Crippen molar-refractivity contribution in [1.82, 2.24) is 9.97 Å². The van der Waals surface area contributed by atoms with Crippen LogP contribution in [-0.2, 0) is 14.8 Å². The fraction of sp³-hybridized carbons (Fsp3) is 0.150. The number of aromatic nitrogens is 2. The van der Waals surface area contributed by atoms with Gasteiger partial charge in [0.25, 0.3) is 10.0 Å². The van der Waals surface area contributed by atoms with Crippen LogP contribution in [0.2, 0.25) is 5.02 Å². The number of nitrogens with one attached hydrogen (secondary N) is 2. The second kappa shape index (κ2) is 8.32. The maximum absolute atomic E-state index is 13.0. The van der Waals surface area contributed by atoms with Crippen molar-refractivity contribution in [2.45, 2.75) is 17.4 Å². The second-order valence-electron chi connectivity index (χ2n) is 7.04. The largest absolute Gasteiger partial charge is 0.350 e. The number of hydrogen-bond acceptors (Lipinski definition) is 8. The summed E-state index contributed by atoms with van der Waals surface area (Å²) in [6, 6.07) is 11.3. The van der Waals surface area contributed by atoms with Crippen molar-refractivity contribution in [1.29, 1.82) is 0 Å². The SMILES string of the molecule is O=C1C(Nc2nc3ccc(Cl)cc3s2)CCN1c1ccc(S(=O)(=O)Nc2nccs2)cc1. The van der Waals surface area contributed by atoms with E-state index in [0.717, 1.165) is 10.2 Å². The van der Waals surface area contributed by atoms with E-state index in [-0.39, 0.29) is 10.8 Å². The van der Waals surface area contributed by atoms with Gasteiger partial charge in [-0.2, -0.15) is 0 Å². The Kier molecular flexibility index (Phi) is 5.49. The van der Waals surface area contributed by atoms with Crippen LogP contribution >= 0.6 is 34.3 Å². The van der Waals surface area contributed by atoms with Crippen LogP contribution in [-0.4, -0.2) is 36.9 Å². The van der Waals surface area contributed by atoms with Gasteiger partial charge in [0, 0.05) is 28.8 Å². The molecule has 1 saturated heterocycles. The van der Waals surface area contributed by atoms with Gasteiger partial charge in [0.05, 0.1) is 15.1 Å². The average molecular weight is 506 g/mol. The molecule has 1 fully saturated rings. The predicted octanol–water partition coefficient (Wildman–Crippen LogP) is 4.42. The summed E-state index contributed by atoms with van der Waals surface area (Å²) < 4.78 is 28.4. The molecule has 0 bridgehead atoms. The van der Waals surface area contributed by atoms with E-state index in [1.807, 2.05) is 12.1 Å². The molecule has 2 N–H and O–H groups in total. The highest BCUT2D eigenvalue weighted by Crippen LogP contribution is 2.31. The molecule has 12 heteroatoms. The summed E-state index contributed by atoms with van der Waals surface area (Å²) in [5, 5.41) is 6.52. The van der Waals surface area contributed by atoms with E-state index in [9.17, 15) is 13.2 Å². The van der Waals surface area contributed by atoms with Gasteiger partial charge in [-0.15, -0.1) is 11.3 Å². The molecule has 5 rings (SSSR count). The van der Waals surface area contributed by atoms with E-state index in [1.165, 1.54) is 41.0 Å². The lowest BCUT2D eigenvalue weighted by Gasteiger charge is -2.17. The molecule has 1 aliphatic heterocycles. The summed E-state index contributed by atoms with van der Waals surface area (Å²) in [4.78, 5) is 23.2. The highest BCUT2D eigenvalue weighted by atomic mass is 35.5. The molecule has 0 radical (unpaired) electrons. The Balaban J connectivity index is 1.29. The zero-order chi connectivity index (χ0) is 22.3. The molecular formula is C20H16ClN5O3S3. The lowest BCUT2D eigenvalue weighted by Crippen LogP contribution is -2.33. The van der Waals surface area contributed by atoms with E-state index in [4.69, 9.17) is 11.6 Å². The Bertz CT molecular complexity index is 1390. The zero-order valence-corrected chi connectivity index (χ0v) is 19.6. The third-order valence-electron chi connectivity index (χ3n) is 4.97. The molecule has 2 aromatic carbocycles. The van der Waals surface area contributed by atoms with Crippen LogP contribution in [0.25, 0.3) is 10.2 Å². The van der Waals surface area contributed by atoms with Crippen LogP contribution in [0.15, 0.2) is 58.9 Å². The van der Waals surface area contributed by atoms with Crippen LogP contribution < -0.4 is 14.9 Å². The molecule has 1 atom stereocenters. The number of rotatable bonds is 6. The number of nitrogens with zero attached hydrogens (tertiary/aromatic N) is 3. The lowest BCUT2D eigenvalue weighted by atomic mass is 10.2. The molecule has 0 spiro atoms. The summed E-state index contributed by atoms with van der Waals surface area (Å²) in [5.41, 5.74) is 1.47. The quantitative estimate of drug-likeness (QED) is 0.402. The van der Waals surface area contributed by atoms with Crippen molar-refractivity contribution in [3.63, 3.8) is 0 Å². The normalized spacial score (nSPS) is 16.6. The first-order chi connectivity index (χ1) is 15.4. The predicted molar refractivity (Wildman–Crippen MR) is 128 cm³/mol. The maximum atomic E-state index is 13.0. The number of carbonyl (C=O) groups is 1. The number of amides is 1. The van der Waals surface area contributed by atoms with Gasteiger partial charge in [0.1, 0.15) is 6.04 Å². The molecule has 1 aliphatic rings. The Labute approximate surface area is 196 Å². The third-order valence-corrected chi connectivity index (χ3v) is 8.32. The molecule has 1 amide bonds. The maximum Gasteiger partial charge on any atom is 0.263 e. The van der Waals surface area contributed by atoms with Crippen molar-refractivity contribution >= 4 is 76.4 Å². The van der Waals surface area contributed by atoms with Crippen LogP contribution in [0.1, 0.15) is 6.42 Å². The number of anilines is 3. The minimum absolute atomic E-state index is 0.0844. The number of halogens is 1. The topological polar surface area (TPSA) is 104 Å². The zero-order valence-electron chi connectivity index (χ0n) is 16.4. The number of sulfonamides is 1. The standard InChI is InChI=1S/C20H16ClN5O3S3/c21-12-1-6-15-17(11-12)31-20(23-15)24-16-7-9-26(18(16)27)13-2-4-14(5-3-13)32(28,29)25-19-22-8-10-30-19/h1-6,8,10-11,16H,7,9H2,(H,22,25)(H,23,24). The molecule has 1 unspecified atom stereocenters. The molecule has 0 saturated carbocycles. The molecule has 8 nitrogen and oxygen atoms in total. The van der Waals surface area contributed by atoms with Gasteiger partial charge in [0.15, 0.2) is 10.3 Å². The second-order valence-corrected chi connectivity index (χ2v) is 11.1. The van der Waals surface area contributed by atoms with Crippen LogP contribution in [0, 0.1) is 0 Å². The van der Waals surface area contributed by atoms with Gasteiger partial charge in [-0.1, -0.05) is 22.9 Å². The summed E-state index contributed by atoms with van der Waals surface area (Å²) in [5.74, 6) is -0.0844. The number of hydrogen-bond donors (Lipinski definition) is 2. The third kappa shape index (κ3) is 4.16. The number of benzene rings is 2. The molecule has 32 heavy (non-hydrogen) atoms. The fourth-order valence-electron chi connectivity index (χ4n) is 3.43. The van der Waals surface area contributed by atoms with Gasteiger partial charge in [-0.3, -0.25) is 9.52 Å². The monoisotopic (exact) mass is 505 g/mol. The van der Waals surface area contributed by atoms with E-state index in [2.05, 4.69) is 20.0 Å². The van der Waals surface area contributed by atoms with Crippen molar-refractivity contribution < 1.29 is 13.2 Å². The minimum Gasteiger partial charge on any atom is -0.350 e. The van der Waals surface area contributed by atoms with Crippen molar-refractivity contribution in [2.75, 3.05) is 21.5 Å². The van der Waals surface area contributed by atoms with E-state index in [0.29, 0.717) is 33.9 Å². The molecule has 164 valence electrons.